The third kappa shape index (κ3) is 3.35. The Morgan fingerprint density at radius 2 is 2.26 bits per heavy atom. The Morgan fingerprint density at radius 3 is 2.89 bits per heavy atom. The summed E-state index contributed by atoms with van der Waals surface area (Å²) in [4.78, 5) is 13.3. The molecule has 5 nitrogen and oxygen atoms in total. The van der Waals surface area contributed by atoms with Gasteiger partial charge in [0.2, 0.25) is 5.91 Å². The van der Waals surface area contributed by atoms with Gasteiger partial charge in [0, 0.05) is 39.1 Å². The molecule has 1 fully saturated rings. The molecule has 1 unspecified atom stereocenters. The zero-order valence-electron chi connectivity index (χ0n) is 12.1. The lowest BCUT2D eigenvalue weighted by Gasteiger charge is -2.30. The highest BCUT2D eigenvalue weighted by atomic mass is 16.2. The number of nitrogens with one attached hydrogen (secondary N) is 1. The Bertz CT molecular complexity index is 441. The highest BCUT2D eigenvalue weighted by Gasteiger charge is 2.22. The standard InChI is InChI=1S/C14H24N4O/c1-4-11-8-13(18(5-2)16-11)9-15-12-6-7-14(19)17(3)10-12/h8,12,15H,4-7,9-10H2,1-3H3. The second-order valence-electron chi connectivity index (χ2n) is 5.19. The van der Waals surface area contributed by atoms with Gasteiger partial charge in [-0.15, -0.1) is 0 Å². The molecule has 5 heteroatoms. The summed E-state index contributed by atoms with van der Waals surface area (Å²) < 4.78 is 2.06. The van der Waals surface area contributed by atoms with Crippen molar-refractivity contribution in [1.82, 2.24) is 20.0 Å². The summed E-state index contributed by atoms with van der Waals surface area (Å²) >= 11 is 0. The van der Waals surface area contributed by atoms with Crippen LogP contribution in [-0.4, -0.2) is 40.2 Å². The first-order chi connectivity index (χ1) is 9.13. The van der Waals surface area contributed by atoms with Crippen LogP contribution in [0.4, 0.5) is 0 Å². The lowest BCUT2D eigenvalue weighted by Crippen LogP contribution is -2.46. The van der Waals surface area contributed by atoms with Gasteiger partial charge in [-0.05, 0) is 25.8 Å². The maximum absolute atomic E-state index is 11.4. The van der Waals surface area contributed by atoms with E-state index in [4.69, 9.17) is 0 Å². The third-order valence-corrected chi connectivity index (χ3v) is 3.77. The van der Waals surface area contributed by atoms with Gasteiger partial charge in [-0.3, -0.25) is 9.48 Å². The van der Waals surface area contributed by atoms with Crippen molar-refractivity contribution in [3.63, 3.8) is 0 Å². The van der Waals surface area contributed by atoms with Crippen LogP contribution in [0, 0.1) is 0 Å². The first-order valence-corrected chi connectivity index (χ1v) is 7.17. The molecule has 0 aromatic carbocycles. The lowest BCUT2D eigenvalue weighted by molar-refractivity contribution is -0.132. The van der Waals surface area contributed by atoms with Crippen molar-refractivity contribution < 1.29 is 4.79 Å². The van der Waals surface area contributed by atoms with Crippen LogP contribution in [-0.2, 0) is 24.3 Å². The van der Waals surface area contributed by atoms with Crippen LogP contribution in [0.5, 0.6) is 0 Å². The molecule has 1 aliphatic heterocycles. The van der Waals surface area contributed by atoms with Gasteiger partial charge in [0.05, 0.1) is 11.4 Å². The van der Waals surface area contributed by atoms with Crippen molar-refractivity contribution in [2.24, 2.45) is 0 Å². The molecule has 1 amide bonds. The fraction of sp³-hybridized carbons (Fsp3) is 0.714. The summed E-state index contributed by atoms with van der Waals surface area (Å²) in [6.07, 6.45) is 2.56. The van der Waals surface area contributed by atoms with E-state index in [1.165, 1.54) is 5.69 Å². The Hall–Kier alpha value is -1.36. The Kier molecular flexibility index (Phi) is 4.58. The molecule has 1 atom stereocenters. The minimum Gasteiger partial charge on any atom is -0.344 e. The van der Waals surface area contributed by atoms with Crippen molar-refractivity contribution in [3.05, 3.63) is 17.5 Å². The van der Waals surface area contributed by atoms with E-state index in [-0.39, 0.29) is 5.91 Å². The summed E-state index contributed by atoms with van der Waals surface area (Å²) in [5.74, 6) is 0.255. The van der Waals surface area contributed by atoms with Gasteiger partial charge >= 0.3 is 0 Å². The predicted molar refractivity (Wildman–Crippen MR) is 74.8 cm³/mol. The van der Waals surface area contributed by atoms with Crippen LogP contribution in [0.3, 0.4) is 0 Å². The average Bonchev–Trinajstić information content (AvgIpc) is 2.82. The van der Waals surface area contributed by atoms with Crippen molar-refractivity contribution in [2.75, 3.05) is 13.6 Å². The van der Waals surface area contributed by atoms with Crippen molar-refractivity contribution in [3.8, 4) is 0 Å². The van der Waals surface area contributed by atoms with E-state index in [0.717, 1.165) is 38.2 Å². The molecule has 0 radical (unpaired) electrons. The van der Waals surface area contributed by atoms with Crippen LogP contribution in [0.15, 0.2) is 6.07 Å². The molecule has 0 spiro atoms. The number of carbonyl (C=O) groups is 1. The molecule has 0 bridgehead atoms. The predicted octanol–water partition coefficient (Wildman–Crippen LogP) is 1.18. The summed E-state index contributed by atoms with van der Waals surface area (Å²) in [5, 5.41) is 8.10. The Balaban J connectivity index is 1.91. The second kappa shape index (κ2) is 6.19. The highest BCUT2D eigenvalue weighted by molar-refractivity contribution is 5.76. The second-order valence-corrected chi connectivity index (χ2v) is 5.19. The Labute approximate surface area is 115 Å². The molecule has 2 heterocycles. The van der Waals surface area contributed by atoms with Crippen molar-refractivity contribution >= 4 is 5.91 Å². The first kappa shape index (κ1) is 14.1. The van der Waals surface area contributed by atoms with Gasteiger partial charge in [0.25, 0.3) is 0 Å². The average molecular weight is 264 g/mol. The van der Waals surface area contributed by atoms with Crippen LogP contribution in [0.25, 0.3) is 0 Å². The number of hydrogen-bond donors (Lipinski definition) is 1. The lowest BCUT2D eigenvalue weighted by atomic mass is 10.1. The van der Waals surface area contributed by atoms with Crippen LogP contribution < -0.4 is 5.32 Å². The van der Waals surface area contributed by atoms with Crippen LogP contribution in [0.1, 0.15) is 38.1 Å². The van der Waals surface area contributed by atoms with Crippen LogP contribution >= 0.6 is 0 Å². The maximum atomic E-state index is 11.4. The number of likely N-dealkylation sites (tertiary alicyclic amines) is 1. The number of aryl methyl sites for hydroxylation is 2. The van der Waals surface area contributed by atoms with Gasteiger partial charge in [-0.25, -0.2) is 0 Å². The van der Waals surface area contributed by atoms with E-state index >= 15 is 0 Å². The molecular formula is C14H24N4O. The van der Waals surface area contributed by atoms with Crippen molar-refractivity contribution in [2.45, 2.75) is 52.2 Å². The number of carbonyl (C=O) groups excluding carboxylic acids is 1. The fourth-order valence-electron chi connectivity index (χ4n) is 2.53. The molecule has 1 aromatic rings. The van der Waals surface area contributed by atoms with E-state index < -0.39 is 0 Å². The molecule has 0 saturated carbocycles. The van der Waals surface area contributed by atoms with Gasteiger partial charge in [-0.2, -0.15) is 5.10 Å². The van der Waals surface area contributed by atoms with E-state index in [1.807, 2.05) is 11.9 Å². The highest BCUT2D eigenvalue weighted by Crippen LogP contribution is 2.11. The molecule has 0 aliphatic carbocycles. The SMILES string of the molecule is CCc1cc(CNC2CCC(=O)N(C)C2)n(CC)n1. The minimum atomic E-state index is 0.255. The largest absolute Gasteiger partial charge is 0.344 e. The summed E-state index contributed by atoms with van der Waals surface area (Å²) in [5.41, 5.74) is 2.38. The van der Waals surface area contributed by atoms with Gasteiger partial charge in [0.1, 0.15) is 0 Å². The van der Waals surface area contributed by atoms with E-state index in [9.17, 15) is 4.79 Å². The van der Waals surface area contributed by atoms with E-state index in [2.05, 4.69) is 35.0 Å². The summed E-state index contributed by atoms with van der Waals surface area (Å²) in [6, 6.07) is 2.57. The number of hydrogen-bond acceptors (Lipinski definition) is 3. The number of amides is 1. The number of aromatic nitrogens is 2. The number of rotatable bonds is 5. The molecular weight excluding hydrogens is 240 g/mol. The fourth-order valence-corrected chi connectivity index (χ4v) is 2.53. The zero-order chi connectivity index (χ0) is 13.8. The topological polar surface area (TPSA) is 50.2 Å². The van der Waals surface area contributed by atoms with Crippen molar-refractivity contribution in [1.29, 1.82) is 0 Å². The Morgan fingerprint density at radius 1 is 1.47 bits per heavy atom. The first-order valence-electron chi connectivity index (χ1n) is 7.17. The zero-order valence-corrected chi connectivity index (χ0v) is 12.1. The normalized spacial score (nSPS) is 20.1. The molecule has 106 valence electrons. The molecule has 2 rings (SSSR count). The minimum absolute atomic E-state index is 0.255. The van der Waals surface area contributed by atoms with E-state index in [1.54, 1.807) is 0 Å². The number of nitrogens with zero attached hydrogens (tertiary/aromatic N) is 3. The van der Waals surface area contributed by atoms with Gasteiger partial charge < -0.3 is 10.2 Å². The van der Waals surface area contributed by atoms with E-state index in [0.29, 0.717) is 12.5 Å². The maximum Gasteiger partial charge on any atom is 0.222 e. The molecule has 1 aromatic heterocycles. The molecule has 1 aliphatic rings. The molecule has 19 heavy (non-hydrogen) atoms. The number of likely N-dealkylation sites (N-methyl/N-ethyl adjacent to an activating group) is 1. The third-order valence-electron chi connectivity index (χ3n) is 3.77. The number of piperidine rings is 1. The quantitative estimate of drug-likeness (QED) is 0.868. The smallest absolute Gasteiger partial charge is 0.222 e. The molecule has 1 saturated heterocycles. The summed E-state index contributed by atoms with van der Waals surface area (Å²) in [7, 11) is 1.88. The molecule has 1 N–H and O–H groups in total. The summed E-state index contributed by atoms with van der Waals surface area (Å²) in [6.45, 7) is 6.78. The van der Waals surface area contributed by atoms with Gasteiger partial charge in [0.15, 0.2) is 0 Å². The van der Waals surface area contributed by atoms with Crippen LogP contribution in [0.2, 0.25) is 0 Å². The monoisotopic (exact) mass is 264 g/mol. The van der Waals surface area contributed by atoms with Gasteiger partial charge in [-0.1, -0.05) is 6.92 Å².